The van der Waals surface area contributed by atoms with Gasteiger partial charge in [0, 0.05) is 23.4 Å². The normalized spacial score (nSPS) is 24.2. The lowest BCUT2D eigenvalue weighted by Crippen LogP contribution is -2.35. The van der Waals surface area contributed by atoms with Gasteiger partial charge in [0.05, 0.1) is 30.3 Å². The molecule has 1 saturated carbocycles. The van der Waals surface area contributed by atoms with Gasteiger partial charge in [0.1, 0.15) is 11.5 Å². The highest BCUT2D eigenvalue weighted by Crippen LogP contribution is 2.51. The minimum absolute atomic E-state index is 0.0717. The molecule has 2 aromatic carbocycles. The van der Waals surface area contributed by atoms with Gasteiger partial charge in [0.2, 0.25) is 5.91 Å². The van der Waals surface area contributed by atoms with Crippen LogP contribution in [0, 0.1) is 12.8 Å². The molecule has 1 heterocycles. The van der Waals surface area contributed by atoms with Crippen molar-refractivity contribution < 1.29 is 14.3 Å². The topological polar surface area (TPSA) is 71.6 Å². The molecule has 33 heavy (non-hydrogen) atoms. The van der Waals surface area contributed by atoms with Crippen LogP contribution in [0.4, 0.5) is 5.69 Å². The SMILES string of the molecule is C=CC(=O)Nc1cc(C)ccc1C1NNC2C[C@H](c3c(Cl)c(OC)cc(OC)c3Cl)CCC21. The van der Waals surface area contributed by atoms with Gasteiger partial charge in [-0.3, -0.25) is 10.2 Å². The first-order chi connectivity index (χ1) is 15.9. The van der Waals surface area contributed by atoms with Crippen molar-refractivity contribution in [3.05, 3.63) is 63.7 Å². The Morgan fingerprint density at radius 1 is 1.12 bits per heavy atom. The molecule has 1 saturated heterocycles. The number of rotatable bonds is 6. The first-order valence-corrected chi connectivity index (χ1v) is 11.8. The summed E-state index contributed by atoms with van der Waals surface area (Å²) in [5.41, 5.74) is 10.8. The fourth-order valence-electron chi connectivity index (χ4n) is 5.13. The second kappa shape index (κ2) is 9.94. The highest BCUT2D eigenvalue weighted by atomic mass is 35.5. The van der Waals surface area contributed by atoms with Gasteiger partial charge in [-0.1, -0.05) is 41.9 Å². The van der Waals surface area contributed by atoms with Gasteiger partial charge in [0.15, 0.2) is 0 Å². The van der Waals surface area contributed by atoms with E-state index in [1.807, 2.05) is 13.0 Å². The van der Waals surface area contributed by atoms with E-state index in [9.17, 15) is 4.79 Å². The van der Waals surface area contributed by atoms with Crippen molar-refractivity contribution in [2.24, 2.45) is 5.92 Å². The number of ether oxygens (including phenoxy) is 2. The molecule has 4 atom stereocenters. The molecular weight excluding hydrogens is 461 g/mol. The molecule has 3 unspecified atom stereocenters. The third-order valence-electron chi connectivity index (χ3n) is 6.76. The molecule has 0 radical (unpaired) electrons. The summed E-state index contributed by atoms with van der Waals surface area (Å²) in [6, 6.07) is 8.18. The molecule has 3 N–H and O–H groups in total. The lowest BCUT2D eigenvalue weighted by atomic mass is 9.72. The molecule has 0 spiro atoms. The van der Waals surface area contributed by atoms with Crippen LogP contribution in [0.15, 0.2) is 36.9 Å². The summed E-state index contributed by atoms with van der Waals surface area (Å²) in [6.45, 7) is 5.58. The van der Waals surface area contributed by atoms with E-state index in [4.69, 9.17) is 32.7 Å². The van der Waals surface area contributed by atoms with Crippen molar-refractivity contribution in [3.8, 4) is 11.5 Å². The Balaban J connectivity index is 1.60. The summed E-state index contributed by atoms with van der Waals surface area (Å²) in [5, 5.41) is 4.05. The third kappa shape index (κ3) is 4.58. The van der Waals surface area contributed by atoms with E-state index < -0.39 is 0 Å². The number of aryl methyl sites for hydroxylation is 1. The van der Waals surface area contributed by atoms with E-state index >= 15 is 0 Å². The van der Waals surface area contributed by atoms with Gasteiger partial charge in [-0.15, -0.1) is 0 Å². The maximum absolute atomic E-state index is 12.0. The maximum Gasteiger partial charge on any atom is 0.247 e. The lowest BCUT2D eigenvalue weighted by Gasteiger charge is -2.34. The van der Waals surface area contributed by atoms with Gasteiger partial charge >= 0.3 is 0 Å². The molecule has 0 bridgehead atoms. The van der Waals surface area contributed by atoms with Gasteiger partial charge in [-0.25, -0.2) is 5.43 Å². The van der Waals surface area contributed by atoms with Crippen molar-refractivity contribution in [3.63, 3.8) is 0 Å². The number of halogens is 2. The van der Waals surface area contributed by atoms with Gasteiger partial charge in [0.25, 0.3) is 0 Å². The van der Waals surface area contributed by atoms with Crippen LogP contribution in [0.25, 0.3) is 0 Å². The zero-order valence-electron chi connectivity index (χ0n) is 19.0. The first-order valence-electron chi connectivity index (χ1n) is 11.0. The van der Waals surface area contributed by atoms with Crippen LogP contribution < -0.4 is 25.6 Å². The van der Waals surface area contributed by atoms with Gasteiger partial charge < -0.3 is 14.8 Å². The van der Waals surface area contributed by atoms with E-state index in [1.54, 1.807) is 20.3 Å². The number of benzene rings is 2. The molecule has 0 aromatic heterocycles. The lowest BCUT2D eigenvalue weighted by molar-refractivity contribution is -0.111. The molecule has 2 aromatic rings. The standard InChI is InChI=1S/C25H29Cl2N3O3/c1-5-21(31)28-17-10-13(2)6-8-15(17)25-16-9-7-14(11-18(16)29-30-25)22-23(26)19(32-3)12-20(33-4)24(22)27/h5-6,8,10,12,14,16,18,25,29-30H,1,7,9,11H2,2-4H3,(H,28,31)/t14-,16?,18?,25?/m1/s1. The minimum atomic E-state index is -0.218. The van der Waals surface area contributed by atoms with Crippen LogP contribution in [-0.4, -0.2) is 26.2 Å². The molecule has 6 nitrogen and oxygen atoms in total. The predicted octanol–water partition coefficient (Wildman–Crippen LogP) is 5.54. The van der Waals surface area contributed by atoms with Crippen LogP contribution in [0.1, 0.15) is 47.9 Å². The smallest absolute Gasteiger partial charge is 0.247 e. The Bertz CT molecular complexity index is 1050. The number of hydrazine groups is 1. The molecule has 8 heteroatoms. The molecule has 176 valence electrons. The summed E-state index contributed by atoms with van der Waals surface area (Å²) >= 11 is 13.4. The van der Waals surface area contributed by atoms with Crippen molar-refractivity contribution in [1.82, 2.24) is 10.9 Å². The van der Waals surface area contributed by atoms with Crippen LogP contribution >= 0.6 is 23.2 Å². The number of methoxy groups -OCH3 is 2. The monoisotopic (exact) mass is 489 g/mol. The van der Waals surface area contributed by atoms with Gasteiger partial charge in [-0.05, 0) is 61.3 Å². The number of fused-ring (bicyclic) bond motifs is 1. The number of anilines is 1. The quantitative estimate of drug-likeness (QED) is 0.464. The van der Waals surface area contributed by atoms with Crippen molar-refractivity contribution in [2.45, 2.75) is 44.2 Å². The zero-order chi connectivity index (χ0) is 23.7. The summed E-state index contributed by atoms with van der Waals surface area (Å²) in [5.74, 6) is 1.43. The Hall–Kier alpha value is -2.25. The number of carbonyl (C=O) groups is 1. The molecular formula is C25H29Cl2N3O3. The first kappa shape index (κ1) is 23.9. The molecule has 4 rings (SSSR count). The minimum Gasteiger partial charge on any atom is -0.495 e. The number of amides is 1. The van der Waals surface area contributed by atoms with Crippen molar-refractivity contribution in [2.75, 3.05) is 19.5 Å². The average Bonchev–Trinajstić information content (AvgIpc) is 3.22. The fraction of sp³-hybridized carbons (Fsp3) is 0.400. The highest BCUT2D eigenvalue weighted by molar-refractivity contribution is 6.38. The largest absolute Gasteiger partial charge is 0.495 e. The Kier molecular flexibility index (Phi) is 7.19. The number of carbonyl (C=O) groups excluding carboxylic acids is 1. The summed E-state index contributed by atoms with van der Waals surface area (Å²) < 4.78 is 10.9. The second-order valence-electron chi connectivity index (χ2n) is 8.65. The molecule has 2 fully saturated rings. The summed E-state index contributed by atoms with van der Waals surface area (Å²) in [4.78, 5) is 12.0. The van der Waals surface area contributed by atoms with E-state index in [-0.39, 0.29) is 23.9 Å². The average molecular weight is 490 g/mol. The fourth-order valence-corrected chi connectivity index (χ4v) is 5.94. The van der Waals surface area contributed by atoms with E-state index in [0.717, 1.165) is 41.6 Å². The molecule has 1 aliphatic carbocycles. The molecule has 1 amide bonds. The number of hydrogen-bond donors (Lipinski definition) is 3. The van der Waals surface area contributed by atoms with E-state index in [1.165, 1.54) is 6.08 Å². The Morgan fingerprint density at radius 2 is 1.82 bits per heavy atom. The maximum atomic E-state index is 12.0. The van der Waals surface area contributed by atoms with Gasteiger partial charge in [-0.2, -0.15) is 0 Å². The van der Waals surface area contributed by atoms with Crippen molar-refractivity contribution >= 4 is 34.8 Å². The number of hydrogen-bond acceptors (Lipinski definition) is 5. The second-order valence-corrected chi connectivity index (χ2v) is 9.41. The molecule has 1 aliphatic heterocycles. The van der Waals surface area contributed by atoms with Crippen LogP contribution in [0.3, 0.4) is 0 Å². The van der Waals surface area contributed by atoms with E-state index in [0.29, 0.717) is 27.5 Å². The summed E-state index contributed by atoms with van der Waals surface area (Å²) in [6.07, 6.45) is 4.05. The number of nitrogens with one attached hydrogen (secondary N) is 3. The van der Waals surface area contributed by atoms with Crippen LogP contribution in [0.5, 0.6) is 11.5 Å². The molecule has 2 aliphatic rings. The third-order valence-corrected chi connectivity index (χ3v) is 7.54. The van der Waals surface area contributed by atoms with Crippen LogP contribution in [0.2, 0.25) is 10.0 Å². The highest BCUT2D eigenvalue weighted by Gasteiger charge is 2.43. The summed E-state index contributed by atoms with van der Waals surface area (Å²) in [7, 11) is 3.18. The van der Waals surface area contributed by atoms with Crippen molar-refractivity contribution in [1.29, 1.82) is 0 Å². The van der Waals surface area contributed by atoms with E-state index in [2.05, 4.69) is 34.9 Å². The van der Waals surface area contributed by atoms with Crippen LogP contribution in [-0.2, 0) is 4.79 Å². The Morgan fingerprint density at radius 3 is 2.45 bits per heavy atom. The zero-order valence-corrected chi connectivity index (χ0v) is 20.5. The predicted molar refractivity (Wildman–Crippen MR) is 132 cm³/mol. The Labute approximate surface area is 204 Å².